The highest BCUT2D eigenvalue weighted by Gasteiger charge is 2.50. The predicted molar refractivity (Wildman–Crippen MR) is 80.2 cm³/mol. The lowest BCUT2D eigenvalue weighted by Gasteiger charge is -2.46. The Morgan fingerprint density at radius 1 is 0.923 bits per heavy atom. The molecular weight excluding hydrogens is 358 g/mol. The first-order valence-corrected chi connectivity index (χ1v) is 8.06. The first-order valence-electron chi connectivity index (χ1n) is 8.06. The number of carbonyl (C=O) groups excluding carboxylic acids is 1. The number of carbonyl (C=O) groups is 1. The summed E-state index contributed by atoms with van der Waals surface area (Å²) in [4.78, 5) is 11.4. The molecule has 2 saturated heterocycles. The van der Waals surface area contributed by atoms with Crippen molar-refractivity contribution in [3.63, 3.8) is 0 Å². The van der Waals surface area contributed by atoms with Crippen LogP contribution in [0.1, 0.15) is 6.92 Å². The fourth-order valence-electron chi connectivity index (χ4n) is 2.97. The van der Waals surface area contributed by atoms with Gasteiger partial charge in [0.1, 0.15) is 48.8 Å². The molecule has 10 atom stereocenters. The van der Waals surface area contributed by atoms with Crippen LogP contribution >= 0.6 is 0 Å². The molecule has 0 aromatic heterocycles. The van der Waals surface area contributed by atoms with E-state index in [1.54, 1.807) is 0 Å². The molecule has 0 unspecified atom stereocenters. The number of amides is 1. The van der Waals surface area contributed by atoms with Gasteiger partial charge in [-0.2, -0.15) is 0 Å². The smallest absolute Gasteiger partial charge is 0.217 e. The van der Waals surface area contributed by atoms with Crippen molar-refractivity contribution in [1.29, 1.82) is 0 Å². The quantitative estimate of drug-likeness (QED) is 0.226. The fraction of sp³-hybridized carbons (Fsp3) is 0.929. The van der Waals surface area contributed by atoms with E-state index in [2.05, 4.69) is 5.32 Å². The Labute approximate surface area is 148 Å². The molecule has 152 valence electrons. The molecule has 12 heteroatoms. The Balaban J connectivity index is 2.21. The van der Waals surface area contributed by atoms with Gasteiger partial charge in [0.25, 0.3) is 0 Å². The van der Waals surface area contributed by atoms with Crippen molar-refractivity contribution < 1.29 is 54.8 Å². The average molecular weight is 383 g/mol. The monoisotopic (exact) mass is 383 g/mol. The maximum absolute atomic E-state index is 11.4. The molecule has 0 aromatic carbocycles. The van der Waals surface area contributed by atoms with Gasteiger partial charge in [-0.15, -0.1) is 0 Å². The molecule has 2 aliphatic rings. The van der Waals surface area contributed by atoms with Gasteiger partial charge >= 0.3 is 0 Å². The Hall–Kier alpha value is -0.930. The van der Waals surface area contributed by atoms with Gasteiger partial charge in [0, 0.05) is 6.92 Å². The standard InChI is InChI=1S/C14H25NO11/c1-4(18)15-7-12(9(20)6(3-17)24-13(7)23)26-14-11(22)10(21)8(19)5(2-16)25-14/h5-14,16-17,19-23H,2-3H2,1H3,(H,15,18)/t5-,6-,7-,8+,9-,10+,11-,12-,13+,14+/m1/s1. The number of ether oxygens (including phenoxy) is 3. The second-order valence-electron chi connectivity index (χ2n) is 6.26. The topological polar surface area (TPSA) is 198 Å². The molecular formula is C14H25NO11. The summed E-state index contributed by atoms with van der Waals surface area (Å²) in [6, 6.07) is -1.28. The van der Waals surface area contributed by atoms with Crippen molar-refractivity contribution >= 4 is 5.91 Å². The third kappa shape index (κ3) is 4.31. The van der Waals surface area contributed by atoms with Crippen LogP contribution in [-0.2, 0) is 19.0 Å². The first kappa shape index (κ1) is 21.4. The minimum absolute atomic E-state index is 0.574. The zero-order valence-corrected chi connectivity index (χ0v) is 14.0. The van der Waals surface area contributed by atoms with Crippen LogP contribution in [0.25, 0.3) is 0 Å². The molecule has 0 bridgehead atoms. The zero-order chi connectivity index (χ0) is 19.6. The third-order valence-corrected chi connectivity index (χ3v) is 4.38. The number of hydrogen-bond acceptors (Lipinski definition) is 11. The Bertz CT molecular complexity index is 478. The van der Waals surface area contributed by atoms with Crippen molar-refractivity contribution in [2.45, 2.75) is 68.3 Å². The maximum Gasteiger partial charge on any atom is 0.217 e. The molecule has 0 radical (unpaired) electrons. The molecule has 2 aliphatic heterocycles. The van der Waals surface area contributed by atoms with E-state index in [-0.39, 0.29) is 0 Å². The van der Waals surface area contributed by atoms with E-state index in [9.17, 15) is 40.5 Å². The first-order chi connectivity index (χ1) is 12.2. The largest absolute Gasteiger partial charge is 0.394 e. The maximum atomic E-state index is 11.4. The van der Waals surface area contributed by atoms with Gasteiger partial charge < -0.3 is 55.3 Å². The molecule has 0 aromatic rings. The Morgan fingerprint density at radius 3 is 2.04 bits per heavy atom. The number of rotatable bonds is 5. The Morgan fingerprint density at radius 2 is 1.50 bits per heavy atom. The summed E-state index contributed by atoms with van der Waals surface area (Å²) in [6.45, 7) is -0.195. The highest BCUT2D eigenvalue weighted by atomic mass is 16.7. The number of nitrogens with one attached hydrogen (secondary N) is 1. The zero-order valence-electron chi connectivity index (χ0n) is 14.0. The summed E-state index contributed by atoms with van der Waals surface area (Å²) in [5, 5.41) is 70.7. The summed E-state index contributed by atoms with van der Waals surface area (Å²) >= 11 is 0. The van der Waals surface area contributed by atoms with E-state index < -0.39 is 80.5 Å². The summed E-state index contributed by atoms with van der Waals surface area (Å²) in [7, 11) is 0. The molecule has 2 rings (SSSR count). The normalized spacial score (nSPS) is 46.8. The minimum atomic E-state index is -1.74. The van der Waals surface area contributed by atoms with Gasteiger partial charge in [-0.1, -0.05) is 0 Å². The van der Waals surface area contributed by atoms with Gasteiger partial charge in [-0.25, -0.2) is 0 Å². The molecule has 1 amide bonds. The third-order valence-electron chi connectivity index (χ3n) is 4.38. The van der Waals surface area contributed by atoms with E-state index in [1.807, 2.05) is 0 Å². The van der Waals surface area contributed by atoms with Crippen LogP contribution in [0, 0.1) is 0 Å². The lowest BCUT2D eigenvalue weighted by molar-refractivity contribution is -0.341. The van der Waals surface area contributed by atoms with Crippen LogP contribution in [-0.4, -0.2) is 116 Å². The summed E-state index contributed by atoms with van der Waals surface area (Å²) in [5.74, 6) is -0.574. The van der Waals surface area contributed by atoms with E-state index in [4.69, 9.17) is 14.2 Å². The van der Waals surface area contributed by atoms with Crippen LogP contribution in [0.4, 0.5) is 0 Å². The Kier molecular flexibility index (Phi) is 7.27. The number of hydrogen-bond donors (Lipinski definition) is 8. The van der Waals surface area contributed by atoms with Crippen LogP contribution in [0.15, 0.2) is 0 Å². The number of aliphatic hydroxyl groups excluding tert-OH is 7. The molecule has 8 N–H and O–H groups in total. The van der Waals surface area contributed by atoms with Gasteiger partial charge in [0.15, 0.2) is 12.6 Å². The van der Waals surface area contributed by atoms with Crippen LogP contribution in [0.3, 0.4) is 0 Å². The average Bonchev–Trinajstić information content (AvgIpc) is 2.60. The molecule has 26 heavy (non-hydrogen) atoms. The van der Waals surface area contributed by atoms with Crippen molar-refractivity contribution in [3.8, 4) is 0 Å². The summed E-state index contributed by atoms with van der Waals surface area (Å²) in [5.41, 5.74) is 0. The lowest BCUT2D eigenvalue weighted by Crippen LogP contribution is -2.67. The van der Waals surface area contributed by atoms with Crippen LogP contribution in [0.5, 0.6) is 0 Å². The summed E-state index contributed by atoms with van der Waals surface area (Å²) < 4.78 is 15.7. The van der Waals surface area contributed by atoms with Crippen molar-refractivity contribution in [2.24, 2.45) is 0 Å². The predicted octanol–water partition coefficient (Wildman–Crippen LogP) is -5.25. The molecule has 12 nitrogen and oxygen atoms in total. The summed E-state index contributed by atoms with van der Waals surface area (Å²) in [6.07, 6.45) is -13.7. The highest BCUT2D eigenvalue weighted by molar-refractivity contribution is 5.73. The minimum Gasteiger partial charge on any atom is -0.394 e. The van der Waals surface area contributed by atoms with E-state index in [0.29, 0.717) is 0 Å². The van der Waals surface area contributed by atoms with Gasteiger partial charge in [-0.3, -0.25) is 4.79 Å². The van der Waals surface area contributed by atoms with Gasteiger partial charge in [0.05, 0.1) is 13.2 Å². The van der Waals surface area contributed by atoms with E-state index in [1.165, 1.54) is 0 Å². The van der Waals surface area contributed by atoms with Gasteiger partial charge in [-0.05, 0) is 0 Å². The fourth-order valence-corrected chi connectivity index (χ4v) is 2.97. The van der Waals surface area contributed by atoms with Crippen molar-refractivity contribution in [3.05, 3.63) is 0 Å². The van der Waals surface area contributed by atoms with Gasteiger partial charge in [0.2, 0.25) is 5.91 Å². The number of aliphatic hydroxyl groups is 7. The highest BCUT2D eigenvalue weighted by Crippen LogP contribution is 2.28. The molecule has 0 aliphatic carbocycles. The van der Waals surface area contributed by atoms with Crippen LogP contribution in [0.2, 0.25) is 0 Å². The second-order valence-corrected chi connectivity index (χ2v) is 6.26. The molecule has 0 saturated carbocycles. The molecule has 0 spiro atoms. The molecule has 2 fully saturated rings. The van der Waals surface area contributed by atoms with Crippen molar-refractivity contribution in [2.75, 3.05) is 13.2 Å². The van der Waals surface area contributed by atoms with Crippen LogP contribution < -0.4 is 5.32 Å². The van der Waals surface area contributed by atoms with Crippen molar-refractivity contribution in [1.82, 2.24) is 5.32 Å². The SMILES string of the molecule is CC(=O)N[C@@H]1[C@@H](O[C@@H]2O[C@H](CO)[C@H](O)[C@H](O)[C@H]2O)[C@H](O)[C@@H](CO)O[C@@H]1O. The molecule has 2 heterocycles. The lowest BCUT2D eigenvalue weighted by atomic mass is 9.95. The van der Waals surface area contributed by atoms with E-state index in [0.717, 1.165) is 6.92 Å². The van der Waals surface area contributed by atoms with E-state index >= 15 is 0 Å². The second kappa shape index (κ2) is 8.84.